The molecule has 0 saturated heterocycles. The highest BCUT2D eigenvalue weighted by atomic mass is 16.8. The van der Waals surface area contributed by atoms with Crippen LogP contribution in [0.25, 0.3) is 0 Å². The van der Waals surface area contributed by atoms with Crippen LogP contribution in [0, 0.1) is 5.41 Å². The summed E-state index contributed by atoms with van der Waals surface area (Å²) >= 11 is 0. The first-order valence-corrected chi connectivity index (χ1v) is 8.18. The standard InChI is InChI=1S/C20H26O8/c1-9-14(21)25-13-20(27-16(23)11-3,28-17(24)12-4)19(8,18(5,6)7)26-15(22)10-2/h9-12H,1-4,13H2,5-8H3. The highest BCUT2D eigenvalue weighted by Gasteiger charge is 2.64. The number of hydrogen-bond acceptors (Lipinski definition) is 8. The predicted molar refractivity (Wildman–Crippen MR) is 101 cm³/mol. The molecule has 0 saturated carbocycles. The molecule has 28 heavy (non-hydrogen) atoms. The normalized spacial score (nSPS) is 13.1. The molecule has 8 heteroatoms. The van der Waals surface area contributed by atoms with Crippen molar-refractivity contribution in [1.29, 1.82) is 0 Å². The summed E-state index contributed by atoms with van der Waals surface area (Å²) in [6.07, 6.45) is 3.36. The summed E-state index contributed by atoms with van der Waals surface area (Å²) < 4.78 is 21.1. The van der Waals surface area contributed by atoms with Crippen LogP contribution in [0.1, 0.15) is 27.7 Å². The van der Waals surface area contributed by atoms with Crippen molar-refractivity contribution in [2.75, 3.05) is 6.61 Å². The van der Waals surface area contributed by atoms with Crippen molar-refractivity contribution in [3.8, 4) is 0 Å². The van der Waals surface area contributed by atoms with Gasteiger partial charge in [0, 0.05) is 29.7 Å². The number of carbonyl (C=O) groups is 4. The highest BCUT2D eigenvalue weighted by Crippen LogP contribution is 2.45. The van der Waals surface area contributed by atoms with Gasteiger partial charge >= 0.3 is 29.7 Å². The van der Waals surface area contributed by atoms with E-state index in [1.807, 2.05) is 0 Å². The number of esters is 4. The van der Waals surface area contributed by atoms with Gasteiger partial charge in [0.1, 0.15) is 0 Å². The number of rotatable bonds is 10. The van der Waals surface area contributed by atoms with E-state index in [2.05, 4.69) is 26.3 Å². The van der Waals surface area contributed by atoms with Crippen molar-refractivity contribution in [3.63, 3.8) is 0 Å². The molecular weight excluding hydrogens is 368 g/mol. The molecule has 8 nitrogen and oxygen atoms in total. The molecule has 0 aliphatic rings. The third-order valence-electron chi connectivity index (χ3n) is 4.06. The Morgan fingerprint density at radius 3 is 1.36 bits per heavy atom. The van der Waals surface area contributed by atoms with Gasteiger partial charge in [-0.1, -0.05) is 47.1 Å². The van der Waals surface area contributed by atoms with E-state index in [1.165, 1.54) is 6.92 Å². The van der Waals surface area contributed by atoms with E-state index < -0.39 is 47.3 Å². The molecule has 0 radical (unpaired) electrons. The average Bonchev–Trinajstić information content (AvgIpc) is 2.63. The fourth-order valence-corrected chi connectivity index (χ4v) is 2.09. The molecule has 0 rings (SSSR count). The Kier molecular flexibility index (Phi) is 8.59. The largest absolute Gasteiger partial charge is 0.454 e. The van der Waals surface area contributed by atoms with Gasteiger partial charge in [0.15, 0.2) is 12.2 Å². The van der Waals surface area contributed by atoms with E-state index >= 15 is 0 Å². The van der Waals surface area contributed by atoms with Crippen LogP contribution in [-0.2, 0) is 38.1 Å². The van der Waals surface area contributed by atoms with Crippen LogP contribution in [0.3, 0.4) is 0 Å². The van der Waals surface area contributed by atoms with Gasteiger partial charge in [-0.15, -0.1) is 0 Å². The smallest absolute Gasteiger partial charge is 0.333 e. The van der Waals surface area contributed by atoms with Crippen LogP contribution in [0.4, 0.5) is 0 Å². The quantitative estimate of drug-likeness (QED) is 0.241. The molecule has 0 N–H and O–H groups in total. The molecule has 0 aliphatic carbocycles. The molecule has 0 aromatic carbocycles. The van der Waals surface area contributed by atoms with Gasteiger partial charge in [0.25, 0.3) is 0 Å². The molecule has 0 aromatic heterocycles. The van der Waals surface area contributed by atoms with Crippen LogP contribution in [0.5, 0.6) is 0 Å². The first-order chi connectivity index (χ1) is 12.8. The molecule has 0 aromatic rings. The zero-order valence-electron chi connectivity index (χ0n) is 16.6. The van der Waals surface area contributed by atoms with Crippen molar-refractivity contribution >= 4 is 23.9 Å². The van der Waals surface area contributed by atoms with Gasteiger partial charge in [-0.2, -0.15) is 0 Å². The molecule has 0 aliphatic heterocycles. The molecule has 1 unspecified atom stereocenters. The van der Waals surface area contributed by atoms with Crippen molar-refractivity contribution in [1.82, 2.24) is 0 Å². The van der Waals surface area contributed by atoms with Crippen molar-refractivity contribution in [2.24, 2.45) is 5.41 Å². The molecular formula is C20H26O8. The molecule has 0 spiro atoms. The molecule has 0 fully saturated rings. The van der Waals surface area contributed by atoms with Gasteiger partial charge in [-0.05, 0) is 6.92 Å². The van der Waals surface area contributed by atoms with Gasteiger partial charge in [-0.25, -0.2) is 19.2 Å². The van der Waals surface area contributed by atoms with Crippen LogP contribution < -0.4 is 0 Å². The maximum Gasteiger partial charge on any atom is 0.333 e. The minimum atomic E-state index is -2.38. The van der Waals surface area contributed by atoms with Gasteiger partial charge < -0.3 is 18.9 Å². The fraction of sp³-hybridized carbons (Fsp3) is 0.400. The Morgan fingerprint density at radius 1 is 0.679 bits per heavy atom. The predicted octanol–water partition coefficient (Wildman–Crippen LogP) is 2.40. The number of carbonyl (C=O) groups excluding carboxylic acids is 4. The first kappa shape index (κ1) is 24.8. The summed E-state index contributed by atoms with van der Waals surface area (Å²) in [7, 11) is 0. The van der Waals surface area contributed by atoms with Crippen molar-refractivity contribution in [2.45, 2.75) is 39.1 Å². The topological polar surface area (TPSA) is 105 Å². The zero-order chi connectivity index (χ0) is 22.2. The van der Waals surface area contributed by atoms with E-state index in [9.17, 15) is 19.2 Å². The van der Waals surface area contributed by atoms with E-state index in [0.717, 1.165) is 24.3 Å². The fourth-order valence-electron chi connectivity index (χ4n) is 2.09. The van der Waals surface area contributed by atoms with E-state index in [4.69, 9.17) is 18.9 Å². The Hall–Kier alpha value is -3.16. The van der Waals surface area contributed by atoms with Gasteiger partial charge in [0.05, 0.1) is 0 Å². The third-order valence-corrected chi connectivity index (χ3v) is 4.06. The third kappa shape index (κ3) is 5.67. The summed E-state index contributed by atoms with van der Waals surface area (Å²) in [5, 5.41) is 0. The van der Waals surface area contributed by atoms with Crippen LogP contribution in [0.15, 0.2) is 50.6 Å². The van der Waals surface area contributed by atoms with E-state index in [1.54, 1.807) is 20.8 Å². The number of ether oxygens (including phenoxy) is 4. The Bertz CT molecular complexity index is 661. The maximum absolute atomic E-state index is 12.1. The van der Waals surface area contributed by atoms with Crippen LogP contribution in [0.2, 0.25) is 0 Å². The lowest BCUT2D eigenvalue weighted by Crippen LogP contribution is -2.67. The molecule has 154 valence electrons. The lowest BCUT2D eigenvalue weighted by atomic mass is 9.72. The Balaban J connectivity index is 6.76. The second kappa shape index (κ2) is 9.68. The van der Waals surface area contributed by atoms with Gasteiger partial charge in [0.2, 0.25) is 0 Å². The Morgan fingerprint density at radius 2 is 1.04 bits per heavy atom. The number of hydrogen-bond donors (Lipinski definition) is 0. The van der Waals surface area contributed by atoms with Crippen LogP contribution >= 0.6 is 0 Å². The van der Waals surface area contributed by atoms with Gasteiger partial charge in [-0.3, -0.25) is 0 Å². The maximum atomic E-state index is 12.1. The van der Waals surface area contributed by atoms with Crippen LogP contribution in [-0.4, -0.2) is 41.9 Å². The molecule has 0 heterocycles. The van der Waals surface area contributed by atoms with Crippen molar-refractivity contribution in [3.05, 3.63) is 50.6 Å². The summed E-state index contributed by atoms with van der Waals surface area (Å²) in [6.45, 7) is 18.7. The summed E-state index contributed by atoms with van der Waals surface area (Å²) in [5.74, 6) is -6.19. The molecule has 0 bridgehead atoms. The SMILES string of the molecule is C=CC(=O)OCC(OC(=O)C=C)(OC(=O)C=C)C(C)(OC(=O)C=C)C(C)(C)C. The minimum absolute atomic E-state index is 0.796. The Labute approximate surface area is 164 Å². The average molecular weight is 394 g/mol. The monoisotopic (exact) mass is 394 g/mol. The second-order valence-corrected chi connectivity index (χ2v) is 6.72. The lowest BCUT2D eigenvalue weighted by molar-refractivity contribution is -0.322. The minimum Gasteiger partial charge on any atom is -0.454 e. The lowest BCUT2D eigenvalue weighted by Gasteiger charge is -2.50. The van der Waals surface area contributed by atoms with Crippen molar-refractivity contribution < 1.29 is 38.1 Å². The molecule has 0 amide bonds. The van der Waals surface area contributed by atoms with E-state index in [-0.39, 0.29) is 0 Å². The molecule has 1 atom stereocenters. The highest BCUT2D eigenvalue weighted by molar-refractivity contribution is 5.85. The zero-order valence-corrected chi connectivity index (χ0v) is 16.6. The van der Waals surface area contributed by atoms with E-state index in [0.29, 0.717) is 0 Å². The first-order valence-electron chi connectivity index (χ1n) is 8.18. The second-order valence-electron chi connectivity index (χ2n) is 6.72. The summed E-state index contributed by atoms with van der Waals surface area (Å²) in [6, 6.07) is 0. The summed E-state index contributed by atoms with van der Waals surface area (Å²) in [5.41, 5.74) is -2.85. The summed E-state index contributed by atoms with van der Waals surface area (Å²) in [4.78, 5) is 47.8.